The van der Waals surface area contributed by atoms with Gasteiger partial charge in [0.2, 0.25) is 0 Å². The quantitative estimate of drug-likeness (QED) is 0.441. The molecule has 0 fully saturated rings. The highest BCUT2D eigenvalue weighted by Crippen LogP contribution is 2.54. The minimum Gasteiger partial charge on any atom is -1.00 e. The van der Waals surface area contributed by atoms with E-state index in [-0.39, 0.29) is 12.4 Å². The van der Waals surface area contributed by atoms with Gasteiger partial charge in [0.1, 0.15) is 29.5 Å². The molecule has 28 heavy (non-hydrogen) atoms. The summed E-state index contributed by atoms with van der Waals surface area (Å²) in [6.07, 6.45) is 0.359. The number of benzene rings is 3. The van der Waals surface area contributed by atoms with Crippen LogP contribution in [0.5, 0.6) is 0 Å². The van der Waals surface area contributed by atoms with Crippen molar-refractivity contribution in [3.8, 4) is 0 Å². The van der Waals surface area contributed by atoms with Crippen molar-refractivity contribution in [2.75, 3.05) is 6.29 Å². The molecule has 0 heterocycles. The first-order chi connectivity index (χ1) is 12.9. The minimum atomic E-state index is -2.18. The minimum absolute atomic E-state index is 0. The Balaban J connectivity index is 0.00000280. The van der Waals surface area contributed by atoms with Crippen molar-refractivity contribution in [2.45, 2.75) is 3.79 Å². The largest absolute Gasteiger partial charge is 1.00 e. The molecule has 0 saturated carbocycles. The van der Waals surface area contributed by atoms with Gasteiger partial charge in [0.15, 0.2) is 0 Å². The summed E-state index contributed by atoms with van der Waals surface area (Å²) in [5.74, 6) is -0.625. The molecule has 0 aliphatic carbocycles. The Labute approximate surface area is 186 Å². The Kier molecular flexibility index (Phi) is 8.18. The van der Waals surface area contributed by atoms with Crippen LogP contribution in [0.25, 0.3) is 0 Å². The van der Waals surface area contributed by atoms with Gasteiger partial charge in [0.05, 0.1) is 0 Å². The molecule has 1 amide bonds. The van der Waals surface area contributed by atoms with E-state index in [4.69, 9.17) is 34.8 Å². The Morgan fingerprint density at radius 1 is 0.714 bits per heavy atom. The van der Waals surface area contributed by atoms with E-state index < -0.39 is 17.0 Å². The van der Waals surface area contributed by atoms with Crippen molar-refractivity contribution >= 4 is 63.9 Å². The van der Waals surface area contributed by atoms with Gasteiger partial charge < -0.3 is 17.7 Å². The van der Waals surface area contributed by atoms with Gasteiger partial charge in [0, 0.05) is 0 Å². The van der Waals surface area contributed by atoms with Crippen LogP contribution in [0.15, 0.2) is 91.0 Å². The monoisotopic (exact) mass is 471 g/mol. The van der Waals surface area contributed by atoms with Gasteiger partial charge in [-0.1, -0.05) is 89.4 Å². The van der Waals surface area contributed by atoms with E-state index in [1.165, 1.54) is 0 Å². The summed E-state index contributed by atoms with van der Waals surface area (Å²) in [6, 6.07) is 30.5. The van der Waals surface area contributed by atoms with Crippen molar-refractivity contribution in [2.24, 2.45) is 0 Å². The number of carbonyl (C=O) groups is 1. The zero-order valence-electron chi connectivity index (χ0n) is 14.7. The summed E-state index contributed by atoms with van der Waals surface area (Å²) in [4.78, 5) is 12.3. The normalized spacial score (nSPS) is 11.4. The lowest BCUT2D eigenvalue weighted by molar-refractivity contribution is -0.119. The van der Waals surface area contributed by atoms with Gasteiger partial charge in [-0.05, 0) is 36.4 Å². The van der Waals surface area contributed by atoms with Crippen molar-refractivity contribution in [3.05, 3.63) is 91.0 Å². The highest BCUT2D eigenvalue weighted by atomic mass is 35.6. The van der Waals surface area contributed by atoms with E-state index in [2.05, 4.69) is 41.7 Å². The fourth-order valence-electron chi connectivity index (χ4n) is 3.06. The molecule has 3 rings (SSSR count). The number of halogens is 4. The lowest BCUT2D eigenvalue weighted by atomic mass is 10.4. The number of hydrogen-bond acceptors (Lipinski definition) is 1. The second-order valence-electron chi connectivity index (χ2n) is 5.98. The first-order valence-corrected chi connectivity index (χ1v) is 11.5. The summed E-state index contributed by atoms with van der Waals surface area (Å²) in [5.41, 5.74) is 0. The predicted molar refractivity (Wildman–Crippen MR) is 118 cm³/mol. The zero-order valence-corrected chi connectivity index (χ0v) is 18.7. The molecular formula is C21H18Cl4NOP. The molecule has 0 aliphatic heterocycles. The highest BCUT2D eigenvalue weighted by molar-refractivity contribution is 7.95. The Morgan fingerprint density at radius 3 is 1.32 bits per heavy atom. The van der Waals surface area contributed by atoms with Crippen molar-refractivity contribution < 1.29 is 17.2 Å². The van der Waals surface area contributed by atoms with E-state index in [9.17, 15) is 4.79 Å². The van der Waals surface area contributed by atoms with Gasteiger partial charge >= 0.3 is 0 Å². The Bertz CT molecular complexity index is 790. The van der Waals surface area contributed by atoms with Crippen LogP contribution in [0.2, 0.25) is 0 Å². The molecule has 146 valence electrons. The molecule has 7 heteroatoms. The zero-order chi connectivity index (χ0) is 19.3. The van der Waals surface area contributed by atoms with E-state index >= 15 is 0 Å². The summed E-state index contributed by atoms with van der Waals surface area (Å²) < 4.78 is -2.00. The number of nitrogens with one attached hydrogen (secondary N) is 1. The number of rotatable bonds is 5. The molecule has 0 unspecified atom stereocenters. The topological polar surface area (TPSA) is 29.1 Å². The molecular weight excluding hydrogens is 455 g/mol. The Morgan fingerprint density at radius 2 is 1.04 bits per heavy atom. The van der Waals surface area contributed by atoms with Gasteiger partial charge in [0.25, 0.3) is 9.70 Å². The average molecular weight is 473 g/mol. The van der Waals surface area contributed by atoms with E-state index in [1.54, 1.807) is 0 Å². The van der Waals surface area contributed by atoms with E-state index in [1.807, 2.05) is 54.6 Å². The molecule has 0 aromatic heterocycles. The first-order valence-electron chi connectivity index (χ1n) is 8.34. The van der Waals surface area contributed by atoms with Crippen LogP contribution in [0.4, 0.5) is 0 Å². The fourth-order valence-corrected chi connectivity index (χ4v) is 7.13. The summed E-state index contributed by atoms with van der Waals surface area (Å²) in [7, 11) is -2.18. The maximum Gasteiger partial charge on any atom is 0.274 e. The molecule has 0 atom stereocenters. The van der Waals surface area contributed by atoms with Gasteiger partial charge in [-0.2, -0.15) is 0 Å². The van der Waals surface area contributed by atoms with Crippen LogP contribution in [-0.2, 0) is 4.79 Å². The van der Waals surface area contributed by atoms with Crippen LogP contribution in [0.1, 0.15) is 0 Å². The van der Waals surface area contributed by atoms with Crippen LogP contribution in [-0.4, -0.2) is 16.0 Å². The summed E-state index contributed by atoms with van der Waals surface area (Å²) in [5, 5.41) is 6.31. The molecule has 1 N–H and O–H groups in total. The van der Waals surface area contributed by atoms with Crippen LogP contribution in [0, 0.1) is 0 Å². The summed E-state index contributed by atoms with van der Waals surface area (Å²) in [6.45, 7) is 0. The van der Waals surface area contributed by atoms with Gasteiger partial charge in [-0.15, -0.1) is 0 Å². The second kappa shape index (κ2) is 9.96. The highest BCUT2D eigenvalue weighted by Gasteiger charge is 2.46. The fraction of sp³-hybridized carbons (Fsp3) is 0.0952. The van der Waals surface area contributed by atoms with Crippen molar-refractivity contribution in [1.29, 1.82) is 0 Å². The van der Waals surface area contributed by atoms with E-state index in [0.29, 0.717) is 6.29 Å². The molecule has 2 nitrogen and oxygen atoms in total. The smallest absolute Gasteiger partial charge is 0.274 e. The third kappa shape index (κ3) is 5.00. The third-order valence-corrected chi connectivity index (χ3v) is 9.01. The van der Waals surface area contributed by atoms with Crippen molar-refractivity contribution in [1.82, 2.24) is 5.32 Å². The lowest BCUT2D eigenvalue weighted by Crippen LogP contribution is -3.00. The standard InChI is InChI=1S/C21H17Cl3NOP.ClH/c22-21(23,24)20(26)25-16-27(17-10-4-1-5-11-17,18-12-6-2-7-13-18)19-14-8-3-9-15-19;/h1-15H,16H2;1H. The molecule has 0 aliphatic rings. The number of amides is 1. The first kappa shape index (κ1) is 23.0. The molecule has 0 spiro atoms. The maximum atomic E-state index is 12.3. The molecule has 0 bridgehead atoms. The van der Waals surface area contributed by atoms with Gasteiger partial charge in [-0.25, -0.2) is 0 Å². The Hall–Kier alpha value is -1.28. The number of carbonyl (C=O) groups excluding carboxylic acids is 1. The van der Waals surface area contributed by atoms with Crippen LogP contribution < -0.4 is 33.6 Å². The molecule has 0 saturated heterocycles. The maximum absolute atomic E-state index is 12.3. The average Bonchev–Trinajstić information content (AvgIpc) is 2.70. The second-order valence-corrected chi connectivity index (χ2v) is 11.7. The van der Waals surface area contributed by atoms with Gasteiger partial charge in [-0.3, -0.25) is 4.79 Å². The van der Waals surface area contributed by atoms with Crippen LogP contribution in [0.3, 0.4) is 0 Å². The SMILES string of the molecule is O=C(NC[P+](c1ccccc1)(c1ccccc1)c1ccccc1)C(Cl)(Cl)Cl.[Cl-]. The van der Waals surface area contributed by atoms with Crippen LogP contribution >= 0.6 is 42.1 Å². The lowest BCUT2D eigenvalue weighted by Gasteiger charge is -2.28. The summed E-state index contributed by atoms with van der Waals surface area (Å²) >= 11 is 17.3. The third-order valence-electron chi connectivity index (χ3n) is 4.33. The predicted octanol–water partition coefficient (Wildman–Crippen LogP) is 1.43. The van der Waals surface area contributed by atoms with Crippen molar-refractivity contribution in [3.63, 3.8) is 0 Å². The van der Waals surface area contributed by atoms with E-state index in [0.717, 1.165) is 15.9 Å². The molecule has 3 aromatic rings. The molecule has 3 aromatic carbocycles. The molecule has 0 radical (unpaired) electrons. The number of alkyl halides is 3. The number of hydrogen-bond donors (Lipinski definition) is 1.